The molecular formula is C15H12BrN9O. The van der Waals surface area contributed by atoms with Gasteiger partial charge in [0.2, 0.25) is 23.5 Å². The lowest BCUT2D eigenvalue weighted by Crippen LogP contribution is -2.15. The van der Waals surface area contributed by atoms with E-state index in [2.05, 4.69) is 51.2 Å². The molecule has 0 fully saturated rings. The van der Waals surface area contributed by atoms with Gasteiger partial charge >= 0.3 is 0 Å². The van der Waals surface area contributed by atoms with Crippen molar-refractivity contribution in [3.05, 3.63) is 41.0 Å². The summed E-state index contributed by atoms with van der Waals surface area (Å²) >= 11 is 3.35. The smallest absolute Gasteiger partial charge is 0.277 e. The van der Waals surface area contributed by atoms with Crippen LogP contribution in [0.1, 0.15) is 0 Å². The van der Waals surface area contributed by atoms with Crippen molar-refractivity contribution >= 4 is 33.5 Å². The third-order valence-electron chi connectivity index (χ3n) is 3.52. The van der Waals surface area contributed by atoms with Crippen LogP contribution in [0, 0.1) is 0 Å². The van der Waals surface area contributed by atoms with Gasteiger partial charge < -0.3 is 15.2 Å². The van der Waals surface area contributed by atoms with Gasteiger partial charge in [-0.25, -0.2) is 0 Å². The molecule has 3 aromatic heterocycles. The topological polar surface area (TPSA) is 136 Å². The fourth-order valence-electron chi connectivity index (χ4n) is 2.24. The number of benzene rings is 1. The molecule has 10 nitrogen and oxygen atoms in total. The number of H-pyrrole nitrogens is 1. The highest BCUT2D eigenvalue weighted by molar-refractivity contribution is 9.10. The van der Waals surface area contributed by atoms with Crippen molar-refractivity contribution in [1.29, 1.82) is 0 Å². The largest absolute Gasteiger partial charge is 0.368 e. The lowest BCUT2D eigenvalue weighted by molar-refractivity contribution is 0.430. The van der Waals surface area contributed by atoms with Gasteiger partial charge in [0.1, 0.15) is 5.69 Å². The van der Waals surface area contributed by atoms with Crippen LogP contribution in [0.25, 0.3) is 23.2 Å². The molecule has 0 atom stereocenters. The summed E-state index contributed by atoms with van der Waals surface area (Å²) in [7, 11) is 1.83. The molecule has 3 heterocycles. The maximum Gasteiger partial charge on any atom is 0.277 e. The number of nitrogens with two attached hydrogens (primary N) is 1. The second kappa shape index (κ2) is 6.52. The Balaban J connectivity index is 1.71. The quantitative estimate of drug-likeness (QED) is 0.516. The summed E-state index contributed by atoms with van der Waals surface area (Å²) in [5.41, 5.74) is 7.30. The summed E-state index contributed by atoms with van der Waals surface area (Å²) in [4.78, 5) is 18.8. The molecule has 3 N–H and O–H groups in total. The first-order valence-electron chi connectivity index (χ1n) is 7.45. The van der Waals surface area contributed by atoms with Gasteiger partial charge in [-0.15, -0.1) is 0 Å². The molecule has 130 valence electrons. The molecule has 0 saturated heterocycles. The first-order chi connectivity index (χ1) is 12.6. The van der Waals surface area contributed by atoms with Crippen LogP contribution in [0.5, 0.6) is 0 Å². The number of hydrogen-bond donors (Lipinski definition) is 2. The van der Waals surface area contributed by atoms with Gasteiger partial charge in [-0.3, -0.25) is 5.10 Å². The van der Waals surface area contributed by atoms with E-state index in [9.17, 15) is 0 Å². The maximum absolute atomic E-state index is 5.84. The lowest BCUT2D eigenvalue weighted by atomic mass is 10.3. The van der Waals surface area contributed by atoms with Crippen LogP contribution < -0.4 is 10.6 Å². The second-order valence-electron chi connectivity index (χ2n) is 5.23. The van der Waals surface area contributed by atoms with Crippen molar-refractivity contribution in [3.63, 3.8) is 0 Å². The van der Waals surface area contributed by atoms with Crippen LogP contribution in [0.3, 0.4) is 0 Å². The highest BCUT2D eigenvalue weighted by Gasteiger charge is 2.19. The molecule has 0 saturated carbocycles. The number of nitrogens with one attached hydrogen (secondary N) is 1. The fourth-order valence-corrected chi connectivity index (χ4v) is 2.60. The van der Waals surface area contributed by atoms with E-state index in [0.29, 0.717) is 16.1 Å². The average molecular weight is 414 g/mol. The number of aromatic nitrogens is 7. The lowest BCUT2D eigenvalue weighted by Gasteiger charge is -2.17. The van der Waals surface area contributed by atoms with E-state index >= 15 is 0 Å². The predicted octanol–water partition coefficient (Wildman–Crippen LogP) is 2.42. The zero-order valence-electron chi connectivity index (χ0n) is 13.5. The van der Waals surface area contributed by atoms with E-state index in [1.165, 1.54) is 0 Å². The summed E-state index contributed by atoms with van der Waals surface area (Å²) in [6.07, 6.45) is 1.59. The number of nitrogen functional groups attached to an aromatic ring is 1. The monoisotopic (exact) mass is 413 g/mol. The second-order valence-corrected chi connectivity index (χ2v) is 6.08. The Hall–Kier alpha value is -3.34. The molecule has 0 unspecified atom stereocenters. The Morgan fingerprint density at radius 2 is 1.88 bits per heavy atom. The zero-order chi connectivity index (χ0) is 18.1. The molecule has 4 aromatic rings. The number of halogens is 1. The summed E-state index contributed by atoms with van der Waals surface area (Å²) < 4.78 is 5.95. The number of hydrogen-bond acceptors (Lipinski definition) is 9. The zero-order valence-corrected chi connectivity index (χ0v) is 15.0. The number of anilines is 3. The molecule has 1 aromatic carbocycles. The molecule has 4 rings (SSSR count). The van der Waals surface area contributed by atoms with Gasteiger partial charge in [-0.1, -0.05) is 23.4 Å². The summed E-state index contributed by atoms with van der Waals surface area (Å²) in [6.45, 7) is 0. The molecule has 0 bridgehead atoms. The third kappa shape index (κ3) is 2.99. The van der Waals surface area contributed by atoms with Crippen molar-refractivity contribution in [2.45, 2.75) is 0 Å². The molecular weight excluding hydrogens is 402 g/mol. The van der Waals surface area contributed by atoms with E-state index in [1.54, 1.807) is 11.1 Å². The first kappa shape index (κ1) is 16.1. The van der Waals surface area contributed by atoms with E-state index < -0.39 is 0 Å². The Bertz CT molecular complexity index is 1050. The number of aromatic amines is 1. The Kier molecular flexibility index (Phi) is 4.05. The maximum atomic E-state index is 5.84. The van der Waals surface area contributed by atoms with Crippen LogP contribution in [0.4, 0.5) is 17.6 Å². The third-order valence-corrected chi connectivity index (χ3v) is 4.12. The Morgan fingerprint density at radius 3 is 2.62 bits per heavy atom. The summed E-state index contributed by atoms with van der Waals surface area (Å²) in [6, 6.07) is 9.64. The normalized spacial score (nSPS) is 10.8. The molecule has 0 spiro atoms. The molecule has 26 heavy (non-hydrogen) atoms. The van der Waals surface area contributed by atoms with Crippen LogP contribution in [-0.2, 0) is 0 Å². The van der Waals surface area contributed by atoms with Gasteiger partial charge in [0.05, 0.1) is 10.7 Å². The fraction of sp³-hybridized carbons (Fsp3) is 0.0667. The Labute approximate surface area is 155 Å². The van der Waals surface area contributed by atoms with Crippen LogP contribution >= 0.6 is 15.9 Å². The van der Waals surface area contributed by atoms with Crippen LogP contribution in [0.2, 0.25) is 0 Å². The van der Waals surface area contributed by atoms with Gasteiger partial charge in [0.25, 0.3) is 5.89 Å². The van der Waals surface area contributed by atoms with Gasteiger partial charge in [-0.2, -0.15) is 25.0 Å². The Morgan fingerprint density at radius 1 is 1.08 bits per heavy atom. The molecule has 0 aliphatic rings. The summed E-state index contributed by atoms with van der Waals surface area (Å²) in [5, 5.41) is 10.6. The molecule has 0 radical (unpaired) electrons. The predicted molar refractivity (Wildman–Crippen MR) is 97.3 cm³/mol. The van der Waals surface area contributed by atoms with Crippen molar-refractivity contribution < 1.29 is 4.52 Å². The van der Waals surface area contributed by atoms with Gasteiger partial charge in [0.15, 0.2) is 0 Å². The minimum atomic E-state index is 0.0573. The SMILES string of the molecule is CN(c1ccccc1)c1nc(N)nc(-c2noc(-c3[nH]ncc3Br)n2)n1. The van der Waals surface area contributed by atoms with Crippen molar-refractivity contribution in [3.8, 4) is 23.2 Å². The number of nitrogens with zero attached hydrogens (tertiary/aromatic N) is 7. The molecule has 0 amide bonds. The minimum Gasteiger partial charge on any atom is -0.368 e. The van der Waals surface area contributed by atoms with E-state index in [1.807, 2.05) is 37.4 Å². The molecule has 11 heteroatoms. The highest BCUT2D eigenvalue weighted by atomic mass is 79.9. The van der Waals surface area contributed by atoms with E-state index in [4.69, 9.17) is 10.3 Å². The van der Waals surface area contributed by atoms with Crippen molar-refractivity contribution in [2.75, 3.05) is 17.7 Å². The minimum absolute atomic E-state index is 0.0573. The van der Waals surface area contributed by atoms with E-state index in [-0.39, 0.29) is 23.5 Å². The molecule has 0 aliphatic carbocycles. The molecule has 0 aliphatic heterocycles. The van der Waals surface area contributed by atoms with Crippen molar-refractivity contribution in [2.24, 2.45) is 0 Å². The standard InChI is InChI=1S/C15H12BrN9O/c1-25(8-5-3-2-4-6-8)15-21-11(20-14(17)22-15)12-19-13(26-24-12)10-9(16)7-18-23-10/h2-7H,1H3,(H,18,23)(H2,17,20,21,22). The number of para-hydroxylation sites is 1. The van der Waals surface area contributed by atoms with Crippen LogP contribution in [-0.4, -0.2) is 42.3 Å². The van der Waals surface area contributed by atoms with Gasteiger partial charge in [-0.05, 0) is 28.1 Å². The van der Waals surface area contributed by atoms with E-state index in [0.717, 1.165) is 5.69 Å². The first-order valence-corrected chi connectivity index (χ1v) is 8.25. The number of rotatable bonds is 4. The van der Waals surface area contributed by atoms with Crippen molar-refractivity contribution in [1.82, 2.24) is 35.3 Å². The summed E-state index contributed by atoms with van der Waals surface area (Å²) in [5.74, 6) is 1.08. The van der Waals surface area contributed by atoms with Gasteiger partial charge in [0, 0.05) is 12.7 Å². The highest BCUT2D eigenvalue weighted by Crippen LogP contribution is 2.26. The average Bonchev–Trinajstić information content (AvgIpc) is 3.30. The van der Waals surface area contributed by atoms with Crippen LogP contribution in [0.15, 0.2) is 45.5 Å².